The molecule has 2 aromatic carbocycles. The summed E-state index contributed by atoms with van der Waals surface area (Å²) in [6.07, 6.45) is 3.25. The molecule has 0 bridgehead atoms. The summed E-state index contributed by atoms with van der Waals surface area (Å²) in [6.45, 7) is 2.02. The fraction of sp³-hybridized carbons (Fsp3) is 0.0526. The predicted molar refractivity (Wildman–Crippen MR) is 106 cm³/mol. The van der Waals surface area contributed by atoms with Crippen molar-refractivity contribution in [1.29, 1.82) is 0 Å². The summed E-state index contributed by atoms with van der Waals surface area (Å²) in [6, 6.07) is 13.2. The molecule has 1 aromatic heterocycles. The van der Waals surface area contributed by atoms with Gasteiger partial charge in [-0.15, -0.1) is 11.3 Å². The number of amides is 1. The van der Waals surface area contributed by atoms with Gasteiger partial charge in [-0.05, 0) is 36.8 Å². The lowest BCUT2D eigenvalue weighted by Gasteiger charge is -2.01. The van der Waals surface area contributed by atoms with E-state index in [-0.39, 0.29) is 5.91 Å². The molecule has 0 atom stereocenters. The van der Waals surface area contributed by atoms with E-state index in [1.807, 2.05) is 42.6 Å². The highest BCUT2D eigenvalue weighted by atomic mass is 35.5. The third-order valence-electron chi connectivity index (χ3n) is 3.45. The van der Waals surface area contributed by atoms with Crippen LogP contribution in [0.1, 0.15) is 11.1 Å². The Morgan fingerprint density at radius 1 is 1.16 bits per heavy atom. The maximum absolute atomic E-state index is 12.0. The third kappa shape index (κ3) is 4.69. The summed E-state index contributed by atoms with van der Waals surface area (Å²) in [5.74, 6) is -0.233. The van der Waals surface area contributed by atoms with Crippen molar-refractivity contribution in [2.24, 2.45) is 0 Å². The van der Waals surface area contributed by atoms with Crippen LogP contribution in [0.3, 0.4) is 0 Å². The molecule has 0 saturated carbocycles. The summed E-state index contributed by atoms with van der Waals surface area (Å²) in [5.41, 5.74) is 3.62. The van der Waals surface area contributed by atoms with Gasteiger partial charge in [-0.2, -0.15) is 0 Å². The van der Waals surface area contributed by atoms with E-state index in [1.54, 1.807) is 18.2 Å². The largest absolute Gasteiger partial charge is 0.298 e. The number of anilines is 1. The van der Waals surface area contributed by atoms with Gasteiger partial charge in [0.25, 0.3) is 0 Å². The Morgan fingerprint density at radius 2 is 1.92 bits per heavy atom. The molecule has 3 aromatic rings. The molecule has 25 heavy (non-hydrogen) atoms. The van der Waals surface area contributed by atoms with Crippen molar-refractivity contribution < 1.29 is 4.79 Å². The van der Waals surface area contributed by atoms with E-state index in [2.05, 4.69) is 10.3 Å². The van der Waals surface area contributed by atoms with Crippen LogP contribution in [0.5, 0.6) is 0 Å². The van der Waals surface area contributed by atoms with Crippen LogP contribution in [-0.4, -0.2) is 10.9 Å². The lowest BCUT2D eigenvalue weighted by Crippen LogP contribution is -2.07. The summed E-state index contributed by atoms with van der Waals surface area (Å²) < 4.78 is 0. The van der Waals surface area contributed by atoms with Gasteiger partial charge in [0.05, 0.1) is 10.7 Å². The maximum atomic E-state index is 12.0. The van der Waals surface area contributed by atoms with E-state index in [1.165, 1.54) is 23.0 Å². The maximum Gasteiger partial charge on any atom is 0.250 e. The first-order valence-electron chi connectivity index (χ1n) is 7.48. The Morgan fingerprint density at radius 3 is 2.64 bits per heavy atom. The van der Waals surface area contributed by atoms with Crippen LogP contribution in [0.4, 0.5) is 5.13 Å². The van der Waals surface area contributed by atoms with Gasteiger partial charge < -0.3 is 0 Å². The van der Waals surface area contributed by atoms with E-state index in [0.29, 0.717) is 20.9 Å². The van der Waals surface area contributed by atoms with Gasteiger partial charge in [0.15, 0.2) is 5.13 Å². The molecule has 0 radical (unpaired) electrons. The molecule has 0 aliphatic rings. The van der Waals surface area contributed by atoms with Crippen LogP contribution >= 0.6 is 34.5 Å². The zero-order chi connectivity index (χ0) is 17.8. The first kappa shape index (κ1) is 17.7. The molecule has 0 aliphatic carbocycles. The van der Waals surface area contributed by atoms with Gasteiger partial charge >= 0.3 is 0 Å². The molecule has 3 rings (SSSR count). The quantitative estimate of drug-likeness (QED) is 0.550. The molecule has 0 aliphatic heterocycles. The molecule has 0 spiro atoms. The van der Waals surface area contributed by atoms with Crippen molar-refractivity contribution in [3.05, 3.63) is 75.1 Å². The van der Waals surface area contributed by atoms with Crippen molar-refractivity contribution in [3.63, 3.8) is 0 Å². The van der Waals surface area contributed by atoms with Crippen molar-refractivity contribution in [1.82, 2.24) is 4.98 Å². The Hall–Kier alpha value is -2.14. The standard InChI is InChI=1S/C19H14Cl2N2OS/c1-12-2-4-13(5-3-12)6-9-18(24)23-19-22-17(11-25-19)15-8-7-14(20)10-16(15)21/h2-11H,1H3,(H,22,23,24)/b9-6+. The number of nitrogens with zero attached hydrogens (tertiary/aromatic N) is 1. The van der Waals surface area contributed by atoms with Gasteiger partial charge in [0.1, 0.15) is 0 Å². The number of nitrogens with one attached hydrogen (secondary N) is 1. The van der Waals surface area contributed by atoms with Crippen molar-refractivity contribution >= 4 is 51.7 Å². The molecule has 6 heteroatoms. The Kier molecular flexibility index (Phi) is 5.53. The van der Waals surface area contributed by atoms with Crippen LogP contribution in [0.2, 0.25) is 10.0 Å². The number of benzene rings is 2. The van der Waals surface area contributed by atoms with Crippen molar-refractivity contribution in [3.8, 4) is 11.3 Å². The molecule has 1 N–H and O–H groups in total. The molecular weight excluding hydrogens is 375 g/mol. The fourth-order valence-electron chi connectivity index (χ4n) is 2.15. The Bertz CT molecular complexity index is 933. The van der Waals surface area contributed by atoms with Crippen LogP contribution in [0.15, 0.2) is 53.9 Å². The molecule has 0 saturated heterocycles. The number of thiazole rings is 1. The molecule has 1 heterocycles. The van der Waals surface area contributed by atoms with E-state index in [9.17, 15) is 4.79 Å². The minimum Gasteiger partial charge on any atom is -0.298 e. The molecule has 126 valence electrons. The van der Waals surface area contributed by atoms with Crippen molar-refractivity contribution in [2.75, 3.05) is 5.32 Å². The minimum absolute atomic E-state index is 0.233. The van der Waals surface area contributed by atoms with Gasteiger partial charge in [-0.1, -0.05) is 53.0 Å². The van der Waals surface area contributed by atoms with Gasteiger partial charge in [-0.3, -0.25) is 10.1 Å². The van der Waals surface area contributed by atoms with Crippen LogP contribution in [0.25, 0.3) is 17.3 Å². The minimum atomic E-state index is -0.233. The number of hydrogen-bond acceptors (Lipinski definition) is 3. The van der Waals surface area contributed by atoms with Gasteiger partial charge in [-0.25, -0.2) is 4.98 Å². The highest BCUT2D eigenvalue weighted by molar-refractivity contribution is 7.14. The topological polar surface area (TPSA) is 42.0 Å². The number of rotatable bonds is 4. The van der Waals surface area contributed by atoms with Crippen molar-refractivity contribution in [2.45, 2.75) is 6.92 Å². The summed E-state index contributed by atoms with van der Waals surface area (Å²) in [5, 5.41) is 6.20. The monoisotopic (exact) mass is 388 g/mol. The molecular formula is C19H14Cl2N2OS. The second kappa shape index (κ2) is 7.83. The zero-order valence-electron chi connectivity index (χ0n) is 13.3. The van der Waals surface area contributed by atoms with Crippen LogP contribution in [0, 0.1) is 6.92 Å². The highest BCUT2D eigenvalue weighted by Crippen LogP contribution is 2.32. The summed E-state index contributed by atoms with van der Waals surface area (Å²) >= 11 is 13.4. The normalized spacial score (nSPS) is 11.0. The van der Waals surface area contributed by atoms with Gasteiger partial charge in [0, 0.05) is 22.0 Å². The van der Waals surface area contributed by atoms with E-state index in [4.69, 9.17) is 23.2 Å². The van der Waals surface area contributed by atoms with Gasteiger partial charge in [0.2, 0.25) is 5.91 Å². The lowest BCUT2D eigenvalue weighted by atomic mass is 10.1. The average Bonchev–Trinajstić information content (AvgIpc) is 3.02. The number of hydrogen-bond donors (Lipinski definition) is 1. The molecule has 3 nitrogen and oxygen atoms in total. The molecule has 1 amide bonds. The van der Waals surface area contributed by atoms with E-state index >= 15 is 0 Å². The fourth-order valence-corrected chi connectivity index (χ4v) is 3.37. The Balaban J connectivity index is 1.68. The van der Waals surface area contributed by atoms with Crippen LogP contribution in [-0.2, 0) is 4.79 Å². The molecule has 0 unspecified atom stereocenters. The van der Waals surface area contributed by atoms with E-state index < -0.39 is 0 Å². The third-order valence-corrected chi connectivity index (χ3v) is 4.75. The average molecular weight is 389 g/mol. The number of carbonyl (C=O) groups is 1. The SMILES string of the molecule is Cc1ccc(/C=C/C(=O)Nc2nc(-c3ccc(Cl)cc3Cl)cs2)cc1. The Labute approximate surface area is 159 Å². The smallest absolute Gasteiger partial charge is 0.250 e. The highest BCUT2D eigenvalue weighted by Gasteiger charge is 2.10. The number of carbonyl (C=O) groups excluding carboxylic acids is 1. The molecule has 0 fully saturated rings. The second-order valence-corrected chi connectivity index (χ2v) is 7.10. The zero-order valence-corrected chi connectivity index (χ0v) is 15.6. The summed E-state index contributed by atoms with van der Waals surface area (Å²) in [7, 11) is 0. The number of aromatic nitrogens is 1. The first-order valence-corrected chi connectivity index (χ1v) is 9.11. The predicted octanol–water partition coefficient (Wildman–Crippen LogP) is 6.08. The van der Waals surface area contributed by atoms with Crippen LogP contribution < -0.4 is 5.32 Å². The summed E-state index contributed by atoms with van der Waals surface area (Å²) in [4.78, 5) is 16.4. The number of aryl methyl sites for hydroxylation is 1. The number of halogens is 2. The van der Waals surface area contributed by atoms with E-state index in [0.717, 1.165) is 11.1 Å². The first-order chi connectivity index (χ1) is 12.0. The lowest BCUT2D eigenvalue weighted by molar-refractivity contribution is -0.111. The second-order valence-electron chi connectivity index (χ2n) is 5.40.